The number of hydrogen-bond donors (Lipinski definition) is 2. The average Bonchev–Trinajstić information content (AvgIpc) is 2.77. The summed E-state index contributed by atoms with van der Waals surface area (Å²) in [7, 11) is 0. The number of aromatic amines is 1. The Labute approximate surface area is 111 Å². The number of H-pyrrole nitrogens is 1. The van der Waals surface area contributed by atoms with Crippen LogP contribution >= 0.6 is 0 Å². The molecule has 0 aliphatic heterocycles. The van der Waals surface area contributed by atoms with Gasteiger partial charge in [0.1, 0.15) is 12.1 Å². The molecule has 0 fully saturated rings. The van der Waals surface area contributed by atoms with Crippen molar-refractivity contribution in [3.8, 4) is 0 Å². The van der Waals surface area contributed by atoms with Crippen molar-refractivity contribution in [2.75, 3.05) is 25.0 Å². The van der Waals surface area contributed by atoms with Crippen LogP contribution in [0.1, 0.15) is 20.8 Å². The lowest BCUT2D eigenvalue weighted by molar-refractivity contribution is 0.294. The van der Waals surface area contributed by atoms with Gasteiger partial charge in [0.25, 0.3) is 0 Å². The first-order valence-electron chi connectivity index (χ1n) is 6.55. The van der Waals surface area contributed by atoms with E-state index in [0.29, 0.717) is 5.65 Å². The zero-order chi connectivity index (χ0) is 13.8. The fourth-order valence-electron chi connectivity index (χ4n) is 2.06. The largest absolute Gasteiger partial charge is 0.366 e. The summed E-state index contributed by atoms with van der Waals surface area (Å²) in [6.07, 6.45) is 1.48. The Hall–Kier alpha value is -1.89. The molecule has 1 atom stereocenters. The van der Waals surface area contributed by atoms with Crippen molar-refractivity contribution in [2.45, 2.75) is 26.8 Å². The van der Waals surface area contributed by atoms with Crippen molar-refractivity contribution in [1.29, 1.82) is 0 Å². The lowest BCUT2D eigenvalue weighted by Crippen LogP contribution is -2.35. The Kier molecular flexibility index (Phi) is 4.16. The minimum Gasteiger partial charge on any atom is -0.366 e. The van der Waals surface area contributed by atoms with Crippen LogP contribution in [0.25, 0.3) is 5.65 Å². The van der Waals surface area contributed by atoms with E-state index in [1.165, 1.54) is 10.7 Å². The summed E-state index contributed by atoms with van der Waals surface area (Å²) in [6.45, 7) is 9.43. The normalized spacial score (nSPS) is 13.1. The Morgan fingerprint density at radius 3 is 2.89 bits per heavy atom. The van der Waals surface area contributed by atoms with Gasteiger partial charge in [-0.15, -0.1) is 0 Å². The number of rotatable bonds is 6. The molecule has 0 amide bonds. The fourth-order valence-corrected chi connectivity index (χ4v) is 2.06. The van der Waals surface area contributed by atoms with Crippen LogP contribution in [0.2, 0.25) is 0 Å². The van der Waals surface area contributed by atoms with Gasteiger partial charge >= 0.3 is 5.69 Å². The minimum atomic E-state index is -0.273. The van der Waals surface area contributed by atoms with Crippen LogP contribution in [0.5, 0.6) is 0 Å². The molecule has 0 aliphatic rings. The van der Waals surface area contributed by atoms with Gasteiger partial charge in [-0.2, -0.15) is 5.10 Å². The van der Waals surface area contributed by atoms with Gasteiger partial charge in [-0.3, -0.25) is 0 Å². The van der Waals surface area contributed by atoms with Crippen molar-refractivity contribution < 1.29 is 0 Å². The highest BCUT2D eigenvalue weighted by Gasteiger charge is 2.08. The quantitative estimate of drug-likeness (QED) is 0.797. The summed E-state index contributed by atoms with van der Waals surface area (Å²) in [4.78, 5) is 17.9. The summed E-state index contributed by atoms with van der Waals surface area (Å²) in [5.41, 5.74) is 0.294. The van der Waals surface area contributed by atoms with Gasteiger partial charge in [0.2, 0.25) is 0 Å². The van der Waals surface area contributed by atoms with E-state index in [-0.39, 0.29) is 11.7 Å². The molecule has 7 nitrogen and oxygen atoms in total. The molecule has 2 heterocycles. The molecule has 0 spiro atoms. The summed E-state index contributed by atoms with van der Waals surface area (Å²) < 4.78 is 1.38. The third kappa shape index (κ3) is 3.11. The van der Waals surface area contributed by atoms with E-state index in [2.05, 4.69) is 46.2 Å². The molecule has 0 aliphatic carbocycles. The van der Waals surface area contributed by atoms with Crippen LogP contribution in [0.4, 0.5) is 5.82 Å². The predicted octanol–water partition coefficient (Wildman–Crippen LogP) is 0.560. The minimum absolute atomic E-state index is 0.273. The molecule has 7 heteroatoms. The van der Waals surface area contributed by atoms with Crippen LogP contribution in [0.15, 0.2) is 17.2 Å². The monoisotopic (exact) mass is 264 g/mol. The van der Waals surface area contributed by atoms with Crippen LogP contribution in [-0.4, -0.2) is 50.2 Å². The second-order valence-electron chi connectivity index (χ2n) is 4.56. The maximum atomic E-state index is 11.3. The predicted molar refractivity (Wildman–Crippen MR) is 74.5 cm³/mol. The van der Waals surface area contributed by atoms with E-state index in [9.17, 15) is 4.79 Å². The number of hydrogen-bond acceptors (Lipinski definition) is 5. The van der Waals surface area contributed by atoms with E-state index in [1.807, 2.05) is 0 Å². The third-order valence-corrected chi connectivity index (χ3v) is 3.13. The molecule has 0 radical (unpaired) electrons. The maximum Gasteiger partial charge on any atom is 0.348 e. The SMILES string of the molecule is CCN(CC)CC(C)Nc1cc2n[nH]c(=O)n2cn1. The molecule has 0 bridgehead atoms. The van der Waals surface area contributed by atoms with E-state index < -0.39 is 0 Å². The molecule has 0 saturated carbocycles. The zero-order valence-corrected chi connectivity index (χ0v) is 11.6. The van der Waals surface area contributed by atoms with Crippen molar-refractivity contribution >= 4 is 11.5 Å². The van der Waals surface area contributed by atoms with Gasteiger partial charge in [0.05, 0.1) is 0 Å². The average molecular weight is 264 g/mol. The van der Waals surface area contributed by atoms with Gasteiger partial charge in [-0.1, -0.05) is 13.8 Å². The maximum absolute atomic E-state index is 11.3. The zero-order valence-electron chi connectivity index (χ0n) is 11.6. The molecule has 104 valence electrons. The van der Waals surface area contributed by atoms with Gasteiger partial charge in [-0.05, 0) is 20.0 Å². The molecule has 0 aromatic carbocycles. The van der Waals surface area contributed by atoms with Crippen molar-refractivity contribution in [3.05, 3.63) is 22.9 Å². The Morgan fingerprint density at radius 2 is 2.21 bits per heavy atom. The highest BCUT2D eigenvalue weighted by atomic mass is 16.1. The number of likely N-dealkylation sites (N-methyl/N-ethyl adjacent to an activating group) is 1. The first-order valence-corrected chi connectivity index (χ1v) is 6.55. The number of aromatic nitrogens is 4. The highest BCUT2D eigenvalue weighted by Crippen LogP contribution is 2.06. The van der Waals surface area contributed by atoms with Gasteiger partial charge in [-0.25, -0.2) is 19.3 Å². The number of nitrogens with zero attached hydrogens (tertiary/aromatic N) is 4. The standard InChI is InChI=1S/C12H20N6O/c1-4-17(5-2)7-9(3)14-10-6-11-15-16-12(19)18(11)8-13-10/h6,8-9,14H,4-5,7H2,1-3H3,(H,16,19). The van der Waals surface area contributed by atoms with Crippen molar-refractivity contribution in [1.82, 2.24) is 24.5 Å². The third-order valence-electron chi connectivity index (χ3n) is 3.13. The molecular formula is C12H20N6O. The van der Waals surface area contributed by atoms with E-state index in [4.69, 9.17) is 0 Å². The van der Waals surface area contributed by atoms with E-state index >= 15 is 0 Å². The molecule has 19 heavy (non-hydrogen) atoms. The Bertz CT molecular complexity index is 585. The first-order chi connectivity index (χ1) is 9.13. The molecular weight excluding hydrogens is 244 g/mol. The second kappa shape index (κ2) is 5.83. The molecule has 2 rings (SSSR count). The Morgan fingerprint density at radius 1 is 1.47 bits per heavy atom. The van der Waals surface area contributed by atoms with Gasteiger partial charge in [0, 0.05) is 18.7 Å². The topological polar surface area (TPSA) is 78.3 Å². The number of anilines is 1. The van der Waals surface area contributed by atoms with Gasteiger partial charge < -0.3 is 10.2 Å². The smallest absolute Gasteiger partial charge is 0.348 e. The van der Waals surface area contributed by atoms with Gasteiger partial charge in [0.15, 0.2) is 5.65 Å². The van der Waals surface area contributed by atoms with Crippen LogP contribution in [0, 0.1) is 0 Å². The van der Waals surface area contributed by atoms with E-state index in [0.717, 1.165) is 25.5 Å². The molecule has 2 N–H and O–H groups in total. The number of nitrogens with one attached hydrogen (secondary N) is 2. The molecule has 0 saturated heterocycles. The van der Waals surface area contributed by atoms with Crippen molar-refractivity contribution in [2.24, 2.45) is 0 Å². The lowest BCUT2D eigenvalue weighted by atomic mass is 10.3. The summed E-state index contributed by atoms with van der Waals surface area (Å²) >= 11 is 0. The fraction of sp³-hybridized carbons (Fsp3) is 0.583. The Balaban J connectivity index is 2.06. The lowest BCUT2D eigenvalue weighted by Gasteiger charge is -2.23. The molecule has 2 aromatic heterocycles. The summed E-state index contributed by atoms with van der Waals surface area (Å²) in [6, 6.07) is 2.04. The first kappa shape index (κ1) is 13.5. The second-order valence-corrected chi connectivity index (χ2v) is 4.56. The van der Waals surface area contributed by atoms with Crippen molar-refractivity contribution in [3.63, 3.8) is 0 Å². The van der Waals surface area contributed by atoms with E-state index in [1.54, 1.807) is 6.07 Å². The molecule has 1 unspecified atom stereocenters. The van der Waals surface area contributed by atoms with Crippen LogP contribution < -0.4 is 11.0 Å². The van der Waals surface area contributed by atoms with Crippen LogP contribution in [-0.2, 0) is 0 Å². The molecule has 2 aromatic rings. The highest BCUT2D eigenvalue weighted by molar-refractivity contribution is 5.48. The van der Waals surface area contributed by atoms with Crippen LogP contribution in [0.3, 0.4) is 0 Å². The number of fused-ring (bicyclic) bond motifs is 1. The summed E-state index contributed by atoms with van der Waals surface area (Å²) in [5.74, 6) is 0.728. The summed E-state index contributed by atoms with van der Waals surface area (Å²) in [5, 5.41) is 9.62.